The zero-order valence-electron chi connectivity index (χ0n) is 11.8. The Hall–Kier alpha value is -1.82. The zero-order chi connectivity index (χ0) is 14.5. The van der Waals surface area contributed by atoms with Gasteiger partial charge in [-0.1, -0.05) is 0 Å². The third kappa shape index (κ3) is 5.56. The lowest BCUT2D eigenvalue weighted by atomic mass is 10.1. The van der Waals surface area contributed by atoms with Gasteiger partial charge in [-0.15, -0.1) is 0 Å². The monoisotopic (exact) mass is 267 g/mol. The summed E-state index contributed by atoms with van der Waals surface area (Å²) >= 11 is 0. The number of hydrogen-bond donors (Lipinski definition) is 2. The summed E-state index contributed by atoms with van der Waals surface area (Å²) in [5.74, 6) is 0. The average molecular weight is 267 g/mol. The van der Waals surface area contributed by atoms with Gasteiger partial charge < -0.3 is 20.5 Å². The van der Waals surface area contributed by atoms with Crippen LogP contribution in [0.15, 0.2) is 18.5 Å². The topological polar surface area (TPSA) is 86.5 Å². The van der Waals surface area contributed by atoms with Gasteiger partial charge in [0.25, 0.3) is 0 Å². The fourth-order valence-electron chi connectivity index (χ4n) is 1.50. The third-order valence-electron chi connectivity index (χ3n) is 2.21. The second-order valence-electron chi connectivity index (χ2n) is 5.21. The SMILES string of the molecule is COC[C@H](NC(=O)OC(C)(C)C)c1cncc(N)c1. The van der Waals surface area contributed by atoms with Gasteiger partial charge in [0.05, 0.1) is 18.3 Å². The molecule has 6 nitrogen and oxygen atoms in total. The minimum Gasteiger partial charge on any atom is -0.444 e. The Kier molecular flexibility index (Phi) is 5.11. The van der Waals surface area contributed by atoms with Crippen molar-refractivity contribution in [2.24, 2.45) is 0 Å². The fourth-order valence-corrected chi connectivity index (χ4v) is 1.50. The first-order valence-corrected chi connectivity index (χ1v) is 6.00. The Morgan fingerprint density at radius 1 is 1.47 bits per heavy atom. The molecule has 1 rings (SSSR count). The lowest BCUT2D eigenvalue weighted by molar-refractivity contribution is 0.0468. The summed E-state index contributed by atoms with van der Waals surface area (Å²) in [4.78, 5) is 15.8. The maximum atomic E-state index is 11.8. The van der Waals surface area contributed by atoms with Gasteiger partial charge in [0.1, 0.15) is 5.60 Å². The molecule has 0 radical (unpaired) electrons. The van der Waals surface area contributed by atoms with Gasteiger partial charge in [0, 0.05) is 19.5 Å². The van der Waals surface area contributed by atoms with Crippen molar-refractivity contribution in [2.75, 3.05) is 19.5 Å². The maximum absolute atomic E-state index is 11.8. The highest BCUT2D eigenvalue weighted by Gasteiger charge is 2.20. The molecule has 0 aromatic carbocycles. The summed E-state index contributed by atoms with van der Waals surface area (Å²) in [5, 5.41) is 2.74. The first-order chi connectivity index (χ1) is 8.81. The van der Waals surface area contributed by atoms with Gasteiger partial charge in [-0.3, -0.25) is 4.98 Å². The number of aromatic nitrogens is 1. The number of methoxy groups -OCH3 is 1. The number of anilines is 1. The molecule has 1 amide bonds. The summed E-state index contributed by atoms with van der Waals surface area (Å²) in [6.45, 7) is 5.73. The number of carbonyl (C=O) groups excluding carboxylic acids is 1. The minimum absolute atomic E-state index is 0.310. The van der Waals surface area contributed by atoms with Gasteiger partial charge in [-0.05, 0) is 32.4 Å². The van der Waals surface area contributed by atoms with Crippen LogP contribution in [-0.2, 0) is 9.47 Å². The molecule has 1 heterocycles. The van der Waals surface area contributed by atoms with Crippen LogP contribution in [0.5, 0.6) is 0 Å². The molecule has 0 saturated carbocycles. The molecule has 0 unspecified atom stereocenters. The van der Waals surface area contributed by atoms with E-state index in [1.807, 2.05) is 0 Å². The Balaban J connectivity index is 2.76. The van der Waals surface area contributed by atoms with Crippen molar-refractivity contribution in [3.05, 3.63) is 24.0 Å². The lowest BCUT2D eigenvalue weighted by Gasteiger charge is -2.23. The van der Waals surface area contributed by atoms with Crippen LogP contribution in [0.3, 0.4) is 0 Å². The second kappa shape index (κ2) is 6.38. The predicted molar refractivity (Wildman–Crippen MR) is 72.6 cm³/mol. The minimum atomic E-state index is -0.546. The Morgan fingerprint density at radius 3 is 2.68 bits per heavy atom. The molecule has 0 aliphatic rings. The number of carbonyl (C=O) groups is 1. The highest BCUT2D eigenvalue weighted by molar-refractivity contribution is 5.68. The van der Waals surface area contributed by atoms with E-state index in [0.29, 0.717) is 12.3 Å². The van der Waals surface area contributed by atoms with Crippen LogP contribution >= 0.6 is 0 Å². The molecule has 0 spiro atoms. The van der Waals surface area contributed by atoms with E-state index < -0.39 is 11.7 Å². The summed E-state index contributed by atoms with van der Waals surface area (Å²) in [5.41, 5.74) is 6.43. The number of hydrogen-bond acceptors (Lipinski definition) is 5. The lowest BCUT2D eigenvalue weighted by Crippen LogP contribution is -2.36. The molecular weight excluding hydrogens is 246 g/mol. The van der Waals surface area contributed by atoms with Gasteiger partial charge in [0.2, 0.25) is 0 Å². The van der Waals surface area contributed by atoms with Crippen molar-refractivity contribution in [3.8, 4) is 0 Å². The van der Waals surface area contributed by atoms with Crippen molar-refractivity contribution in [2.45, 2.75) is 32.4 Å². The van der Waals surface area contributed by atoms with Gasteiger partial charge in [0.15, 0.2) is 0 Å². The van der Waals surface area contributed by atoms with Crippen LogP contribution in [-0.4, -0.2) is 30.4 Å². The van der Waals surface area contributed by atoms with Crippen LogP contribution in [0, 0.1) is 0 Å². The molecule has 0 saturated heterocycles. The van der Waals surface area contributed by atoms with Crippen LogP contribution in [0.1, 0.15) is 32.4 Å². The van der Waals surface area contributed by atoms with E-state index in [-0.39, 0.29) is 6.04 Å². The quantitative estimate of drug-likeness (QED) is 0.869. The molecule has 1 aromatic rings. The number of nitrogens with one attached hydrogen (secondary N) is 1. The van der Waals surface area contributed by atoms with Crippen LogP contribution in [0.4, 0.5) is 10.5 Å². The fraction of sp³-hybridized carbons (Fsp3) is 0.538. The molecule has 106 valence electrons. The summed E-state index contributed by atoms with van der Waals surface area (Å²) in [7, 11) is 1.56. The summed E-state index contributed by atoms with van der Waals surface area (Å²) in [6, 6.07) is 1.39. The number of ether oxygens (including phenoxy) is 2. The number of alkyl carbamates (subject to hydrolysis) is 1. The van der Waals surface area contributed by atoms with Crippen LogP contribution in [0.25, 0.3) is 0 Å². The van der Waals surface area contributed by atoms with E-state index in [2.05, 4.69) is 10.3 Å². The van der Waals surface area contributed by atoms with E-state index in [1.54, 1.807) is 46.3 Å². The van der Waals surface area contributed by atoms with E-state index >= 15 is 0 Å². The second-order valence-corrected chi connectivity index (χ2v) is 5.21. The molecule has 1 aromatic heterocycles. The van der Waals surface area contributed by atoms with Crippen molar-refractivity contribution >= 4 is 11.8 Å². The molecule has 19 heavy (non-hydrogen) atoms. The van der Waals surface area contributed by atoms with E-state index in [0.717, 1.165) is 5.56 Å². The molecule has 0 aliphatic carbocycles. The Bertz CT molecular complexity index is 429. The molecule has 3 N–H and O–H groups in total. The van der Waals surface area contributed by atoms with Crippen LogP contribution < -0.4 is 11.1 Å². The van der Waals surface area contributed by atoms with E-state index in [1.165, 1.54) is 0 Å². The van der Waals surface area contributed by atoms with Gasteiger partial charge in [-0.25, -0.2) is 4.79 Å². The maximum Gasteiger partial charge on any atom is 0.408 e. The summed E-state index contributed by atoms with van der Waals surface area (Å²) in [6.07, 6.45) is 2.68. The normalized spacial score (nSPS) is 12.8. The number of nitrogens with zero attached hydrogens (tertiary/aromatic N) is 1. The number of amides is 1. The van der Waals surface area contributed by atoms with Crippen LogP contribution in [0.2, 0.25) is 0 Å². The Morgan fingerprint density at radius 2 is 2.16 bits per heavy atom. The standard InChI is InChI=1S/C13H21N3O3/c1-13(2,3)19-12(17)16-11(8-18-4)9-5-10(14)7-15-6-9/h5-7,11H,8,14H2,1-4H3,(H,16,17)/t11-/m0/s1. The summed E-state index contributed by atoms with van der Waals surface area (Å²) < 4.78 is 10.3. The Labute approximate surface area is 113 Å². The first kappa shape index (κ1) is 15.2. The molecule has 0 fully saturated rings. The van der Waals surface area contributed by atoms with Crippen molar-refractivity contribution in [3.63, 3.8) is 0 Å². The van der Waals surface area contributed by atoms with Crippen molar-refractivity contribution in [1.82, 2.24) is 10.3 Å². The largest absolute Gasteiger partial charge is 0.444 e. The number of rotatable bonds is 4. The van der Waals surface area contributed by atoms with E-state index in [9.17, 15) is 4.79 Å². The zero-order valence-corrected chi connectivity index (χ0v) is 11.8. The predicted octanol–water partition coefficient (Wildman–Crippen LogP) is 1.88. The number of nitrogens with two attached hydrogens (primary N) is 1. The van der Waals surface area contributed by atoms with Crippen molar-refractivity contribution in [1.29, 1.82) is 0 Å². The van der Waals surface area contributed by atoms with Gasteiger partial charge >= 0.3 is 6.09 Å². The molecule has 6 heteroatoms. The third-order valence-corrected chi connectivity index (χ3v) is 2.21. The number of pyridine rings is 1. The first-order valence-electron chi connectivity index (χ1n) is 6.00. The van der Waals surface area contributed by atoms with Crippen molar-refractivity contribution < 1.29 is 14.3 Å². The smallest absolute Gasteiger partial charge is 0.408 e. The van der Waals surface area contributed by atoms with E-state index in [4.69, 9.17) is 15.2 Å². The molecule has 0 bridgehead atoms. The molecule has 0 aliphatic heterocycles. The van der Waals surface area contributed by atoms with Gasteiger partial charge in [-0.2, -0.15) is 0 Å². The molecular formula is C13H21N3O3. The highest BCUT2D eigenvalue weighted by atomic mass is 16.6. The highest BCUT2D eigenvalue weighted by Crippen LogP contribution is 2.16. The number of nitrogen functional groups attached to an aromatic ring is 1. The molecule has 1 atom stereocenters. The average Bonchev–Trinajstić information content (AvgIpc) is 2.26.